The van der Waals surface area contributed by atoms with Crippen LogP contribution in [0.2, 0.25) is 0 Å². The molecular weight excluding hydrogens is 152 g/mol. The van der Waals surface area contributed by atoms with Crippen LogP contribution >= 0.6 is 0 Å². The Morgan fingerprint density at radius 3 is 3.08 bits per heavy atom. The molecule has 1 saturated heterocycles. The normalized spacial score (nSPS) is 22.2. The summed E-state index contributed by atoms with van der Waals surface area (Å²) in [4.78, 5) is 11.0. The monoisotopic (exact) mass is 166 g/mol. The van der Waals surface area contributed by atoms with Crippen LogP contribution in [0, 0.1) is 11.8 Å². The molecule has 2 N–H and O–H groups in total. The average molecular weight is 166 g/mol. The minimum absolute atomic E-state index is 0.161. The van der Waals surface area contributed by atoms with Crippen molar-refractivity contribution in [2.45, 2.75) is 25.8 Å². The van der Waals surface area contributed by atoms with Crippen LogP contribution in [0.4, 0.5) is 0 Å². The van der Waals surface area contributed by atoms with Crippen molar-refractivity contribution in [2.75, 3.05) is 13.1 Å². The van der Waals surface area contributed by atoms with Crippen LogP contribution in [-0.2, 0) is 4.79 Å². The molecule has 66 valence electrons. The third-order valence-corrected chi connectivity index (χ3v) is 1.87. The molecule has 0 saturated carbocycles. The first-order chi connectivity index (χ1) is 5.83. The van der Waals surface area contributed by atoms with Crippen molar-refractivity contribution >= 4 is 5.91 Å². The van der Waals surface area contributed by atoms with Crippen LogP contribution in [0.15, 0.2) is 0 Å². The van der Waals surface area contributed by atoms with Gasteiger partial charge in [0.15, 0.2) is 0 Å². The molecule has 1 amide bonds. The summed E-state index contributed by atoms with van der Waals surface area (Å²) in [7, 11) is 0. The summed E-state index contributed by atoms with van der Waals surface area (Å²) >= 11 is 0. The Kier molecular flexibility index (Phi) is 3.62. The van der Waals surface area contributed by atoms with E-state index < -0.39 is 0 Å². The van der Waals surface area contributed by atoms with Crippen molar-refractivity contribution in [3.63, 3.8) is 0 Å². The Hall–Kier alpha value is -1.01. The lowest BCUT2D eigenvalue weighted by atomic mass is 10.1. The summed E-state index contributed by atoms with van der Waals surface area (Å²) in [6, 6.07) is 0.270. The molecule has 0 unspecified atom stereocenters. The molecule has 1 aliphatic rings. The summed E-state index contributed by atoms with van der Waals surface area (Å²) in [5, 5.41) is 6.06. The third kappa shape index (κ3) is 2.93. The van der Waals surface area contributed by atoms with Gasteiger partial charge in [0.25, 0.3) is 5.91 Å². The molecule has 0 bridgehead atoms. The Labute approximate surface area is 72.9 Å². The number of nitrogens with one attached hydrogen (secondary N) is 2. The zero-order chi connectivity index (χ0) is 8.81. The van der Waals surface area contributed by atoms with Gasteiger partial charge in [-0.1, -0.05) is 5.92 Å². The molecule has 1 atom stereocenters. The van der Waals surface area contributed by atoms with Gasteiger partial charge < -0.3 is 10.6 Å². The molecule has 0 aliphatic carbocycles. The van der Waals surface area contributed by atoms with Gasteiger partial charge in [-0.05, 0) is 32.2 Å². The van der Waals surface area contributed by atoms with Gasteiger partial charge >= 0.3 is 0 Å². The van der Waals surface area contributed by atoms with Crippen molar-refractivity contribution < 1.29 is 4.79 Å². The SMILES string of the molecule is CC#CC(=O)N[C@H]1CCCNC1. The van der Waals surface area contributed by atoms with Crippen LogP contribution in [-0.4, -0.2) is 25.0 Å². The second-order valence-corrected chi connectivity index (χ2v) is 2.89. The van der Waals surface area contributed by atoms with E-state index in [9.17, 15) is 4.79 Å². The Bertz CT molecular complexity index is 208. The van der Waals surface area contributed by atoms with E-state index in [2.05, 4.69) is 22.5 Å². The van der Waals surface area contributed by atoms with Crippen molar-refractivity contribution in [3.05, 3.63) is 0 Å². The van der Waals surface area contributed by atoms with E-state index in [4.69, 9.17) is 0 Å². The lowest BCUT2D eigenvalue weighted by Gasteiger charge is -2.22. The molecule has 0 radical (unpaired) electrons. The van der Waals surface area contributed by atoms with Crippen LogP contribution < -0.4 is 10.6 Å². The maximum atomic E-state index is 11.0. The van der Waals surface area contributed by atoms with E-state index in [1.54, 1.807) is 6.92 Å². The fraction of sp³-hybridized carbons (Fsp3) is 0.667. The second-order valence-electron chi connectivity index (χ2n) is 2.89. The fourth-order valence-electron chi connectivity index (χ4n) is 1.31. The van der Waals surface area contributed by atoms with Gasteiger partial charge in [0, 0.05) is 12.6 Å². The molecule has 1 rings (SSSR count). The standard InChI is InChI=1S/C9H14N2O/c1-2-4-9(12)11-8-5-3-6-10-7-8/h8,10H,3,5-7H2,1H3,(H,11,12)/t8-/m0/s1. The van der Waals surface area contributed by atoms with Gasteiger partial charge in [-0.2, -0.15) is 0 Å². The van der Waals surface area contributed by atoms with Crippen LogP contribution in [0.1, 0.15) is 19.8 Å². The van der Waals surface area contributed by atoms with Gasteiger partial charge in [-0.25, -0.2) is 0 Å². The predicted octanol–water partition coefficient (Wildman–Crippen LogP) is -0.122. The Morgan fingerprint density at radius 2 is 2.50 bits per heavy atom. The van der Waals surface area contributed by atoms with Gasteiger partial charge in [0.05, 0.1) is 0 Å². The van der Waals surface area contributed by atoms with Gasteiger partial charge in [-0.15, -0.1) is 0 Å². The first-order valence-corrected chi connectivity index (χ1v) is 4.27. The number of carbonyl (C=O) groups excluding carboxylic acids is 1. The molecule has 1 heterocycles. The first kappa shape index (κ1) is 9.08. The number of amides is 1. The van der Waals surface area contributed by atoms with Crippen molar-refractivity contribution in [1.29, 1.82) is 0 Å². The molecule has 3 nitrogen and oxygen atoms in total. The lowest BCUT2D eigenvalue weighted by Crippen LogP contribution is -2.45. The molecule has 12 heavy (non-hydrogen) atoms. The first-order valence-electron chi connectivity index (χ1n) is 4.27. The van der Waals surface area contributed by atoms with E-state index in [0.717, 1.165) is 25.9 Å². The lowest BCUT2D eigenvalue weighted by molar-refractivity contribution is -0.116. The second kappa shape index (κ2) is 4.78. The van der Waals surface area contributed by atoms with E-state index in [1.807, 2.05) is 0 Å². The van der Waals surface area contributed by atoms with E-state index in [0.29, 0.717) is 0 Å². The highest BCUT2D eigenvalue weighted by Crippen LogP contribution is 2.00. The quantitative estimate of drug-likeness (QED) is 0.533. The molecule has 1 fully saturated rings. The number of rotatable bonds is 1. The fourth-order valence-corrected chi connectivity index (χ4v) is 1.31. The maximum Gasteiger partial charge on any atom is 0.296 e. The predicted molar refractivity (Wildman–Crippen MR) is 47.5 cm³/mol. The number of hydrogen-bond acceptors (Lipinski definition) is 2. The molecule has 1 aliphatic heterocycles. The van der Waals surface area contributed by atoms with Gasteiger partial charge in [0.1, 0.15) is 0 Å². The molecule has 0 aromatic carbocycles. The summed E-state index contributed by atoms with van der Waals surface area (Å²) < 4.78 is 0. The van der Waals surface area contributed by atoms with E-state index in [1.165, 1.54) is 0 Å². The zero-order valence-electron chi connectivity index (χ0n) is 7.31. The van der Waals surface area contributed by atoms with Crippen LogP contribution in [0.5, 0.6) is 0 Å². The Balaban J connectivity index is 2.27. The minimum atomic E-state index is -0.161. The van der Waals surface area contributed by atoms with Crippen molar-refractivity contribution in [1.82, 2.24) is 10.6 Å². The Morgan fingerprint density at radius 1 is 1.67 bits per heavy atom. The van der Waals surface area contributed by atoms with E-state index >= 15 is 0 Å². The van der Waals surface area contributed by atoms with Crippen LogP contribution in [0.3, 0.4) is 0 Å². The van der Waals surface area contributed by atoms with Gasteiger partial charge in [-0.3, -0.25) is 4.79 Å². The highest BCUT2D eigenvalue weighted by atomic mass is 16.1. The summed E-state index contributed by atoms with van der Waals surface area (Å²) in [6.45, 7) is 3.60. The zero-order valence-corrected chi connectivity index (χ0v) is 7.31. The maximum absolute atomic E-state index is 11.0. The molecular formula is C9H14N2O. The summed E-state index contributed by atoms with van der Waals surface area (Å²) in [5.41, 5.74) is 0. The third-order valence-electron chi connectivity index (χ3n) is 1.87. The minimum Gasteiger partial charge on any atom is -0.341 e. The number of carbonyl (C=O) groups is 1. The van der Waals surface area contributed by atoms with Crippen molar-refractivity contribution in [3.8, 4) is 11.8 Å². The topological polar surface area (TPSA) is 41.1 Å². The molecule has 0 aromatic heterocycles. The number of piperidine rings is 1. The average Bonchev–Trinajstić information content (AvgIpc) is 2.06. The molecule has 0 spiro atoms. The number of hydrogen-bond donors (Lipinski definition) is 2. The van der Waals surface area contributed by atoms with Gasteiger partial charge in [0.2, 0.25) is 0 Å². The smallest absolute Gasteiger partial charge is 0.296 e. The summed E-state index contributed by atoms with van der Waals surface area (Å²) in [6.07, 6.45) is 2.19. The highest BCUT2D eigenvalue weighted by molar-refractivity contribution is 5.93. The van der Waals surface area contributed by atoms with Crippen LogP contribution in [0.25, 0.3) is 0 Å². The summed E-state index contributed by atoms with van der Waals surface area (Å²) in [5.74, 6) is 4.88. The largest absolute Gasteiger partial charge is 0.341 e. The molecule has 3 heteroatoms. The van der Waals surface area contributed by atoms with Crippen molar-refractivity contribution in [2.24, 2.45) is 0 Å². The van der Waals surface area contributed by atoms with E-state index in [-0.39, 0.29) is 11.9 Å². The highest BCUT2D eigenvalue weighted by Gasteiger charge is 2.13. The molecule has 0 aromatic rings.